The molecule has 4 heterocycles. The number of benzene rings is 1. The highest BCUT2D eigenvalue weighted by Crippen LogP contribution is 2.43. The van der Waals surface area contributed by atoms with E-state index in [4.69, 9.17) is 9.57 Å². The van der Waals surface area contributed by atoms with Gasteiger partial charge in [0.25, 0.3) is 5.56 Å². The van der Waals surface area contributed by atoms with Crippen LogP contribution in [0, 0.1) is 11.6 Å². The molecule has 10 heteroatoms. The number of nitrogens with zero attached hydrogens (tertiary/aromatic N) is 4. The summed E-state index contributed by atoms with van der Waals surface area (Å²) in [6, 6.07) is 8.88. The Morgan fingerprint density at radius 2 is 1.95 bits per heavy atom. The van der Waals surface area contributed by atoms with Crippen molar-refractivity contribution in [2.75, 3.05) is 19.7 Å². The average molecular weight is 539 g/mol. The maximum atomic E-state index is 14.0. The summed E-state index contributed by atoms with van der Waals surface area (Å²) >= 11 is 0. The van der Waals surface area contributed by atoms with Crippen LogP contribution in [0.25, 0.3) is 0 Å². The minimum absolute atomic E-state index is 0.0241. The fourth-order valence-corrected chi connectivity index (χ4v) is 5.07. The number of hydrogen-bond acceptors (Lipinski definition) is 7. The van der Waals surface area contributed by atoms with E-state index < -0.39 is 22.8 Å². The summed E-state index contributed by atoms with van der Waals surface area (Å²) in [6.07, 6.45) is 5.20. The molecule has 0 radical (unpaired) electrons. The van der Waals surface area contributed by atoms with Gasteiger partial charge in [0.1, 0.15) is 12.3 Å². The molecule has 0 saturated carbocycles. The van der Waals surface area contributed by atoms with Gasteiger partial charge in [-0.15, -0.1) is 0 Å². The summed E-state index contributed by atoms with van der Waals surface area (Å²) in [7, 11) is 1.76. The lowest BCUT2D eigenvalue weighted by Crippen LogP contribution is -2.42. The Bertz CT molecular complexity index is 1440. The van der Waals surface area contributed by atoms with Gasteiger partial charge in [-0.2, -0.15) is 0 Å². The molecule has 3 aromatic rings. The van der Waals surface area contributed by atoms with Crippen LogP contribution in [0.3, 0.4) is 0 Å². The molecule has 2 aliphatic rings. The molecular formula is C29H32F2N4O4. The van der Waals surface area contributed by atoms with Gasteiger partial charge in [-0.3, -0.25) is 14.7 Å². The van der Waals surface area contributed by atoms with Crippen LogP contribution in [-0.4, -0.2) is 50.6 Å². The lowest BCUT2D eigenvalue weighted by atomic mass is 9.84. The molecule has 1 fully saturated rings. The second kappa shape index (κ2) is 10.6. The molecule has 1 N–H and O–H groups in total. The number of hydrogen-bond donors (Lipinski definition) is 1. The number of pyridine rings is 2. The fraction of sp³-hybridized carbons (Fsp3) is 0.414. The second-order valence-corrected chi connectivity index (χ2v) is 10.9. The average Bonchev–Trinajstić information content (AvgIpc) is 3.22. The predicted octanol–water partition coefficient (Wildman–Crippen LogP) is 3.62. The van der Waals surface area contributed by atoms with Crippen LogP contribution in [0.2, 0.25) is 0 Å². The topological polar surface area (TPSA) is 89.2 Å². The molecule has 5 rings (SSSR count). The van der Waals surface area contributed by atoms with Crippen molar-refractivity contribution in [1.82, 2.24) is 14.5 Å². The first-order valence-electron chi connectivity index (χ1n) is 12.9. The highest BCUT2D eigenvalue weighted by atomic mass is 19.2. The molecule has 2 aromatic heterocycles. The lowest BCUT2D eigenvalue weighted by molar-refractivity contribution is -0.0799. The predicted molar refractivity (Wildman–Crippen MR) is 141 cm³/mol. The molecule has 0 atom stereocenters. The van der Waals surface area contributed by atoms with E-state index in [1.807, 2.05) is 12.3 Å². The Labute approximate surface area is 225 Å². The van der Waals surface area contributed by atoms with E-state index in [1.54, 1.807) is 43.8 Å². The Morgan fingerprint density at radius 3 is 2.62 bits per heavy atom. The van der Waals surface area contributed by atoms with E-state index in [9.17, 15) is 18.7 Å². The van der Waals surface area contributed by atoms with Crippen molar-refractivity contribution < 1.29 is 23.5 Å². The van der Waals surface area contributed by atoms with Crippen LogP contribution in [0.4, 0.5) is 8.78 Å². The van der Waals surface area contributed by atoms with Crippen molar-refractivity contribution in [3.63, 3.8) is 0 Å². The number of ether oxygens (including phenoxy) is 1. The summed E-state index contributed by atoms with van der Waals surface area (Å²) < 4.78 is 35.3. The van der Waals surface area contributed by atoms with Gasteiger partial charge in [-0.05, 0) is 62.1 Å². The zero-order chi connectivity index (χ0) is 27.8. The van der Waals surface area contributed by atoms with Crippen LogP contribution in [0.15, 0.2) is 58.7 Å². The normalized spacial score (nSPS) is 17.4. The summed E-state index contributed by atoms with van der Waals surface area (Å²) in [6.45, 7) is 5.89. The van der Waals surface area contributed by atoms with Gasteiger partial charge in [-0.25, -0.2) is 8.78 Å². The highest BCUT2D eigenvalue weighted by Gasteiger charge is 2.43. The van der Waals surface area contributed by atoms with E-state index in [1.165, 1.54) is 6.07 Å². The van der Waals surface area contributed by atoms with Gasteiger partial charge in [0.2, 0.25) is 0 Å². The summed E-state index contributed by atoms with van der Waals surface area (Å²) in [5.74, 6) is -1.97. The third-order valence-electron chi connectivity index (χ3n) is 7.21. The number of rotatable bonds is 7. The second-order valence-electron chi connectivity index (χ2n) is 10.9. The van der Waals surface area contributed by atoms with Crippen molar-refractivity contribution in [3.8, 4) is 0 Å². The number of piperidine rings is 1. The van der Waals surface area contributed by atoms with Crippen molar-refractivity contribution in [3.05, 3.63) is 98.7 Å². The molecule has 0 aliphatic carbocycles. The van der Waals surface area contributed by atoms with Gasteiger partial charge in [-0.1, -0.05) is 11.2 Å². The number of oxime groups is 1. The first-order valence-corrected chi connectivity index (χ1v) is 12.9. The molecule has 0 amide bonds. The third-order valence-corrected chi connectivity index (χ3v) is 7.21. The number of likely N-dealkylation sites (tertiary alicyclic amines) is 1. The number of halogens is 2. The van der Waals surface area contributed by atoms with E-state index in [0.29, 0.717) is 24.4 Å². The van der Waals surface area contributed by atoms with Crippen molar-refractivity contribution >= 4 is 5.71 Å². The standard InChI is InChI=1S/C29H32F2N4O4/c1-28(2,37)18-39-33-27(20-5-6-23(30)24(31)12-20)25-7-4-19(14-32-25)15-35-10-8-29(9-11-35)22-13-26(36)34(3)16-21(22)17-38-29/h4-7,12-14,16,37H,8-11,15,17-18H2,1-3H3. The molecule has 1 spiro atoms. The molecule has 8 nitrogen and oxygen atoms in total. The number of aromatic nitrogens is 2. The molecule has 1 aromatic carbocycles. The number of aryl methyl sites for hydroxylation is 1. The van der Waals surface area contributed by atoms with Gasteiger partial charge in [0.05, 0.1) is 23.5 Å². The largest absolute Gasteiger partial charge is 0.392 e. The van der Waals surface area contributed by atoms with Crippen LogP contribution in [-0.2, 0) is 35.4 Å². The summed E-state index contributed by atoms with van der Waals surface area (Å²) in [5, 5.41) is 14.0. The Morgan fingerprint density at radius 1 is 1.18 bits per heavy atom. The maximum absolute atomic E-state index is 14.0. The molecule has 206 valence electrons. The monoisotopic (exact) mass is 538 g/mol. The number of fused-ring (bicyclic) bond motifs is 2. The summed E-state index contributed by atoms with van der Waals surface area (Å²) in [4.78, 5) is 24.4. The minimum atomic E-state index is -1.12. The Balaban J connectivity index is 1.28. The zero-order valence-corrected chi connectivity index (χ0v) is 22.3. The maximum Gasteiger partial charge on any atom is 0.250 e. The van der Waals surface area contributed by atoms with Crippen molar-refractivity contribution in [2.24, 2.45) is 12.2 Å². The Hall–Kier alpha value is -3.47. The number of aliphatic hydroxyl groups is 1. The molecule has 39 heavy (non-hydrogen) atoms. The smallest absolute Gasteiger partial charge is 0.250 e. The van der Waals surface area contributed by atoms with E-state index in [0.717, 1.165) is 54.8 Å². The van der Waals surface area contributed by atoms with Crippen LogP contribution in [0.5, 0.6) is 0 Å². The highest BCUT2D eigenvalue weighted by molar-refractivity contribution is 6.11. The van der Waals surface area contributed by atoms with Crippen molar-refractivity contribution in [1.29, 1.82) is 0 Å². The van der Waals surface area contributed by atoms with Gasteiger partial charge in [0, 0.05) is 56.3 Å². The van der Waals surface area contributed by atoms with Gasteiger partial charge >= 0.3 is 0 Å². The Kier molecular flexibility index (Phi) is 7.37. The summed E-state index contributed by atoms with van der Waals surface area (Å²) in [5.41, 5.74) is 2.50. The SMILES string of the molecule is Cn1cc2c(cc1=O)C1(CCN(Cc3ccc(C(=NOCC(C)(C)O)c4ccc(F)c(F)c4)nc3)CC1)OC2. The van der Waals surface area contributed by atoms with E-state index in [2.05, 4.69) is 15.0 Å². The van der Waals surface area contributed by atoms with E-state index in [-0.39, 0.29) is 17.9 Å². The zero-order valence-electron chi connectivity index (χ0n) is 22.3. The minimum Gasteiger partial charge on any atom is -0.392 e. The van der Waals surface area contributed by atoms with Crippen LogP contribution < -0.4 is 5.56 Å². The molecule has 2 aliphatic heterocycles. The quantitative estimate of drug-likeness (QED) is 0.365. The molecule has 0 unspecified atom stereocenters. The van der Waals surface area contributed by atoms with Crippen LogP contribution in [0.1, 0.15) is 54.6 Å². The fourth-order valence-electron chi connectivity index (χ4n) is 5.07. The molecule has 1 saturated heterocycles. The molecule has 0 bridgehead atoms. The molecular weight excluding hydrogens is 506 g/mol. The van der Waals surface area contributed by atoms with Gasteiger partial charge < -0.3 is 19.2 Å². The van der Waals surface area contributed by atoms with E-state index >= 15 is 0 Å². The van der Waals surface area contributed by atoms with Gasteiger partial charge in [0.15, 0.2) is 11.6 Å². The first kappa shape index (κ1) is 27.1. The lowest BCUT2D eigenvalue weighted by Gasteiger charge is -2.39. The third kappa shape index (κ3) is 5.93. The first-order chi connectivity index (χ1) is 18.5. The van der Waals surface area contributed by atoms with Crippen LogP contribution >= 0.6 is 0 Å². The van der Waals surface area contributed by atoms with Crippen molar-refractivity contribution in [2.45, 2.75) is 51.0 Å².